The van der Waals surface area contributed by atoms with E-state index in [0.29, 0.717) is 11.1 Å². The van der Waals surface area contributed by atoms with E-state index in [1.165, 1.54) is 0 Å². The molecule has 0 aliphatic heterocycles. The van der Waals surface area contributed by atoms with Crippen molar-refractivity contribution in [2.75, 3.05) is 0 Å². The SMILES string of the molecule is Cc1ccc(C(=O)Oc2cc(C(C)(C)C)cc(C)c2OC(=O)c2ccc(C)cc2)cc1. The first kappa shape index (κ1) is 22.3. The smallest absolute Gasteiger partial charge is 0.343 e. The molecule has 0 spiro atoms. The predicted molar refractivity (Wildman–Crippen MR) is 122 cm³/mol. The van der Waals surface area contributed by atoms with E-state index < -0.39 is 11.9 Å². The highest BCUT2D eigenvalue weighted by molar-refractivity contribution is 5.93. The van der Waals surface area contributed by atoms with Gasteiger partial charge in [0.25, 0.3) is 0 Å². The van der Waals surface area contributed by atoms with Gasteiger partial charge in [-0.2, -0.15) is 0 Å². The van der Waals surface area contributed by atoms with Crippen LogP contribution >= 0.6 is 0 Å². The largest absolute Gasteiger partial charge is 0.419 e. The monoisotopic (exact) mass is 416 g/mol. The molecule has 31 heavy (non-hydrogen) atoms. The molecule has 3 aromatic rings. The van der Waals surface area contributed by atoms with Crippen molar-refractivity contribution >= 4 is 11.9 Å². The highest BCUT2D eigenvalue weighted by Gasteiger charge is 2.23. The zero-order valence-electron chi connectivity index (χ0n) is 18.9. The minimum absolute atomic E-state index is 0.171. The molecule has 0 bridgehead atoms. The van der Waals surface area contributed by atoms with Crippen LogP contribution in [-0.4, -0.2) is 11.9 Å². The molecule has 0 heterocycles. The van der Waals surface area contributed by atoms with Crippen LogP contribution in [-0.2, 0) is 5.41 Å². The fourth-order valence-electron chi connectivity index (χ4n) is 3.07. The van der Waals surface area contributed by atoms with E-state index in [1.807, 2.05) is 51.1 Å². The maximum absolute atomic E-state index is 12.8. The lowest BCUT2D eigenvalue weighted by molar-refractivity contribution is 0.0681. The molecule has 4 nitrogen and oxygen atoms in total. The number of aryl methyl sites for hydroxylation is 3. The van der Waals surface area contributed by atoms with E-state index in [4.69, 9.17) is 9.47 Å². The van der Waals surface area contributed by atoms with Gasteiger partial charge >= 0.3 is 11.9 Å². The second kappa shape index (κ2) is 8.76. The van der Waals surface area contributed by atoms with E-state index in [1.54, 1.807) is 30.3 Å². The number of esters is 2. The Kier molecular flexibility index (Phi) is 6.30. The van der Waals surface area contributed by atoms with E-state index in [2.05, 4.69) is 20.8 Å². The average molecular weight is 417 g/mol. The quantitative estimate of drug-likeness (QED) is 0.367. The average Bonchev–Trinajstić information content (AvgIpc) is 2.70. The van der Waals surface area contributed by atoms with Crippen LogP contribution in [0.15, 0.2) is 60.7 Å². The topological polar surface area (TPSA) is 52.6 Å². The molecule has 0 unspecified atom stereocenters. The Morgan fingerprint density at radius 2 is 1.13 bits per heavy atom. The summed E-state index contributed by atoms with van der Waals surface area (Å²) in [5.74, 6) is -0.521. The lowest BCUT2D eigenvalue weighted by atomic mass is 9.86. The van der Waals surface area contributed by atoms with Crippen LogP contribution in [0.25, 0.3) is 0 Å². The molecule has 3 rings (SSSR count). The number of hydrogen-bond donors (Lipinski definition) is 0. The summed E-state index contributed by atoms with van der Waals surface area (Å²) in [4.78, 5) is 25.5. The van der Waals surface area contributed by atoms with Crippen LogP contribution < -0.4 is 9.47 Å². The summed E-state index contributed by atoms with van der Waals surface area (Å²) in [5, 5.41) is 0. The Labute approximate surface area is 183 Å². The Balaban J connectivity index is 1.98. The van der Waals surface area contributed by atoms with E-state index in [-0.39, 0.29) is 16.9 Å². The molecule has 3 aromatic carbocycles. The third-order valence-corrected chi connectivity index (χ3v) is 5.08. The molecular weight excluding hydrogens is 388 g/mol. The maximum atomic E-state index is 12.8. The van der Waals surface area contributed by atoms with E-state index >= 15 is 0 Å². The zero-order chi connectivity index (χ0) is 22.8. The van der Waals surface area contributed by atoms with Crippen molar-refractivity contribution in [3.8, 4) is 11.5 Å². The maximum Gasteiger partial charge on any atom is 0.343 e. The standard InChI is InChI=1S/C27H28O4/c1-17-7-11-20(12-8-17)25(28)30-23-16-22(27(4,5)6)15-19(3)24(23)31-26(29)21-13-9-18(2)10-14-21/h7-16H,1-6H3. The van der Waals surface area contributed by atoms with Gasteiger partial charge in [0.15, 0.2) is 11.5 Å². The Morgan fingerprint density at radius 1 is 0.677 bits per heavy atom. The summed E-state index contributed by atoms with van der Waals surface area (Å²) in [6.07, 6.45) is 0. The minimum atomic E-state index is -0.502. The molecule has 0 fully saturated rings. The molecule has 0 radical (unpaired) electrons. The van der Waals surface area contributed by atoms with Gasteiger partial charge in [0, 0.05) is 0 Å². The third kappa shape index (κ3) is 5.40. The Morgan fingerprint density at radius 3 is 1.58 bits per heavy atom. The first-order valence-electron chi connectivity index (χ1n) is 10.3. The zero-order valence-corrected chi connectivity index (χ0v) is 18.9. The number of carbonyl (C=O) groups excluding carboxylic acids is 2. The lowest BCUT2D eigenvalue weighted by Gasteiger charge is -2.22. The molecule has 0 aromatic heterocycles. The van der Waals surface area contributed by atoms with Crippen molar-refractivity contribution in [3.63, 3.8) is 0 Å². The van der Waals surface area contributed by atoms with Gasteiger partial charge in [0.1, 0.15) is 0 Å². The number of benzene rings is 3. The number of hydrogen-bond acceptors (Lipinski definition) is 4. The van der Waals surface area contributed by atoms with Gasteiger partial charge in [-0.05, 0) is 67.6 Å². The van der Waals surface area contributed by atoms with Crippen LogP contribution in [0, 0.1) is 20.8 Å². The normalized spacial score (nSPS) is 11.2. The Hall–Kier alpha value is -3.40. The van der Waals surface area contributed by atoms with Crippen LogP contribution in [0.5, 0.6) is 11.5 Å². The van der Waals surface area contributed by atoms with Gasteiger partial charge in [0.2, 0.25) is 0 Å². The second-order valence-electron chi connectivity index (χ2n) is 8.88. The summed E-state index contributed by atoms with van der Waals surface area (Å²) in [7, 11) is 0. The third-order valence-electron chi connectivity index (χ3n) is 5.08. The van der Waals surface area contributed by atoms with Gasteiger partial charge in [-0.15, -0.1) is 0 Å². The molecule has 160 valence electrons. The molecule has 0 aliphatic rings. The van der Waals surface area contributed by atoms with Gasteiger partial charge in [-0.25, -0.2) is 9.59 Å². The van der Waals surface area contributed by atoms with Gasteiger partial charge in [-0.3, -0.25) is 0 Å². The van der Waals surface area contributed by atoms with E-state index in [9.17, 15) is 9.59 Å². The molecule has 0 saturated carbocycles. The molecule has 0 N–H and O–H groups in total. The summed E-state index contributed by atoms with van der Waals surface area (Å²) < 4.78 is 11.4. The van der Waals surface area contributed by atoms with Gasteiger partial charge in [0.05, 0.1) is 11.1 Å². The molecule has 0 saturated heterocycles. The highest BCUT2D eigenvalue weighted by Crippen LogP contribution is 2.37. The number of rotatable bonds is 4. The highest BCUT2D eigenvalue weighted by atomic mass is 16.6. The van der Waals surface area contributed by atoms with Crippen molar-refractivity contribution in [3.05, 3.63) is 94.0 Å². The number of carbonyl (C=O) groups is 2. The molecule has 0 amide bonds. The summed E-state index contributed by atoms with van der Waals surface area (Å²) in [5.41, 5.74) is 4.49. The van der Waals surface area contributed by atoms with Gasteiger partial charge < -0.3 is 9.47 Å². The predicted octanol–water partition coefficient (Wildman–Crippen LogP) is 6.35. The van der Waals surface area contributed by atoms with Crippen molar-refractivity contribution in [1.29, 1.82) is 0 Å². The molecule has 4 heteroatoms. The van der Waals surface area contributed by atoms with Crippen LogP contribution in [0.2, 0.25) is 0 Å². The fourth-order valence-corrected chi connectivity index (χ4v) is 3.07. The van der Waals surface area contributed by atoms with Crippen LogP contribution in [0.1, 0.15) is 63.7 Å². The Bertz CT molecular complexity index is 1100. The minimum Gasteiger partial charge on any atom is -0.419 e. The first-order chi connectivity index (χ1) is 14.5. The van der Waals surface area contributed by atoms with E-state index in [0.717, 1.165) is 22.3 Å². The molecule has 0 aliphatic carbocycles. The van der Waals surface area contributed by atoms with Crippen molar-refractivity contribution in [2.24, 2.45) is 0 Å². The first-order valence-corrected chi connectivity index (χ1v) is 10.3. The molecule has 0 atom stereocenters. The van der Waals surface area contributed by atoms with Crippen LogP contribution in [0.4, 0.5) is 0 Å². The van der Waals surface area contributed by atoms with Crippen molar-refractivity contribution in [1.82, 2.24) is 0 Å². The summed E-state index contributed by atoms with van der Waals surface area (Å²) in [6.45, 7) is 12.0. The lowest BCUT2D eigenvalue weighted by Crippen LogP contribution is -2.16. The summed E-state index contributed by atoms with van der Waals surface area (Å²) in [6, 6.07) is 18.0. The van der Waals surface area contributed by atoms with Crippen molar-refractivity contribution < 1.29 is 19.1 Å². The molecular formula is C27H28O4. The summed E-state index contributed by atoms with van der Waals surface area (Å²) >= 11 is 0. The fraction of sp³-hybridized carbons (Fsp3) is 0.259. The second-order valence-corrected chi connectivity index (χ2v) is 8.88. The number of ether oxygens (including phenoxy) is 2. The van der Waals surface area contributed by atoms with Crippen molar-refractivity contribution in [2.45, 2.75) is 47.0 Å². The van der Waals surface area contributed by atoms with Crippen LogP contribution in [0.3, 0.4) is 0 Å². The van der Waals surface area contributed by atoms with Gasteiger partial charge in [-0.1, -0.05) is 62.2 Å².